The van der Waals surface area contributed by atoms with Crippen molar-refractivity contribution in [2.24, 2.45) is 0 Å². The van der Waals surface area contributed by atoms with Crippen molar-refractivity contribution in [3.63, 3.8) is 0 Å². The molecule has 0 saturated heterocycles. The molecule has 0 bridgehead atoms. The summed E-state index contributed by atoms with van der Waals surface area (Å²) in [6, 6.07) is 5.69. The Labute approximate surface area is 173 Å². The van der Waals surface area contributed by atoms with Gasteiger partial charge in [0.15, 0.2) is 5.82 Å². The summed E-state index contributed by atoms with van der Waals surface area (Å²) in [7, 11) is -4.24. The summed E-state index contributed by atoms with van der Waals surface area (Å²) in [5.41, 5.74) is 1.57. The lowest BCUT2D eigenvalue weighted by atomic mass is 10.1. The highest BCUT2D eigenvalue weighted by Gasteiger charge is 2.24. The number of nitrogens with zero attached hydrogens (tertiary/aromatic N) is 1. The summed E-state index contributed by atoms with van der Waals surface area (Å²) in [4.78, 5) is 3.12. The van der Waals surface area contributed by atoms with Crippen molar-refractivity contribution in [2.75, 3.05) is 4.72 Å². The van der Waals surface area contributed by atoms with Crippen molar-refractivity contribution in [3.8, 4) is 5.75 Å². The maximum absolute atomic E-state index is 14.5. The van der Waals surface area contributed by atoms with Crippen molar-refractivity contribution in [1.82, 2.24) is 4.98 Å². The molecule has 1 unspecified atom stereocenters. The van der Waals surface area contributed by atoms with E-state index in [0.717, 1.165) is 12.1 Å². The van der Waals surface area contributed by atoms with Crippen LogP contribution < -0.4 is 9.46 Å². The highest BCUT2D eigenvalue weighted by molar-refractivity contribution is 7.92. The van der Waals surface area contributed by atoms with Crippen LogP contribution in [0.5, 0.6) is 5.75 Å². The van der Waals surface area contributed by atoms with Gasteiger partial charge in [0.05, 0.1) is 10.5 Å². The molecule has 28 heavy (non-hydrogen) atoms. The smallest absolute Gasteiger partial charge is 0.266 e. The zero-order valence-electron chi connectivity index (χ0n) is 14.1. The fourth-order valence-corrected chi connectivity index (χ4v) is 4.44. The minimum absolute atomic E-state index is 0.0610. The van der Waals surface area contributed by atoms with Crippen molar-refractivity contribution in [3.05, 3.63) is 68.5 Å². The first-order valence-electron chi connectivity index (χ1n) is 7.69. The number of ether oxygens (including phenoxy) is 1. The number of hydrogen-bond donors (Lipinski definition) is 1. The molecule has 1 aromatic heterocycles. The fraction of sp³-hybridized carbons (Fsp3) is 0.118. The molecule has 0 aliphatic rings. The van der Waals surface area contributed by atoms with Crippen LogP contribution in [0.4, 0.5) is 14.6 Å². The Morgan fingerprint density at radius 1 is 1.18 bits per heavy atom. The van der Waals surface area contributed by atoms with Gasteiger partial charge in [-0.25, -0.2) is 22.2 Å². The van der Waals surface area contributed by atoms with Crippen molar-refractivity contribution >= 4 is 50.4 Å². The zero-order chi connectivity index (χ0) is 20.5. The second kappa shape index (κ2) is 8.20. The fourth-order valence-electron chi connectivity index (χ4n) is 2.34. The Kier molecular flexibility index (Phi) is 6.09. The van der Waals surface area contributed by atoms with Gasteiger partial charge in [-0.1, -0.05) is 23.2 Å². The molecule has 0 aliphatic carbocycles. The van der Waals surface area contributed by atoms with Crippen molar-refractivity contribution in [1.29, 1.82) is 0 Å². The molecule has 2 aromatic carbocycles. The van der Waals surface area contributed by atoms with Crippen LogP contribution in [0.2, 0.25) is 10.0 Å². The maximum atomic E-state index is 14.5. The van der Waals surface area contributed by atoms with Gasteiger partial charge in [0, 0.05) is 22.0 Å². The molecule has 0 spiro atoms. The number of halogens is 4. The Morgan fingerprint density at radius 2 is 1.93 bits per heavy atom. The standard InChI is InChI=1S/C17H12Cl2F2N2O3S2/c1-9(11-4-10(18)2-3-13(11)20)26-15-6-14(21)16(5-12(15)19)28(24,25)23-17-7-27-8-22-17/h2-9,23H,1H3. The van der Waals surface area contributed by atoms with E-state index in [-0.39, 0.29) is 22.2 Å². The molecule has 0 saturated carbocycles. The summed E-state index contributed by atoms with van der Waals surface area (Å²) >= 11 is 13.1. The summed E-state index contributed by atoms with van der Waals surface area (Å²) in [5, 5.41) is 1.60. The van der Waals surface area contributed by atoms with E-state index in [0.29, 0.717) is 5.02 Å². The Bertz CT molecular complexity index is 1110. The quantitative estimate of drug-likeness (QED) is 0.510. The molecule has 3 rings (SSSR count). The molecule has 0 aliphatic heterocycles. The number of rotatable bonds is 6. The lowest BCUT2D eigenvalue weighted by Gasteiger charge is -2.18. The summed E-state index contributed by atoms with van der Waals surface area (Å²) in [5.74, 6) is -1.72. The van der Waals surface area contributed by atoms with Crippen molar-refractivity contribution in [2.45, 2.75) is 17.9 Å². The van der Waals surface area contributed by atoms with Crippen LogP contribution in [0.25, 0.3) is 0 Å². The number of benzene rings is 2. The molecular formula is C17H12Cl2F2N2O3S2. The average molecular weight is 465 g/mol. The molecule has 5 nitrogen and oxygen atoms in total. The van der Waals surface area contributed by atoms with E-state index in [1.54, 1.807) is 0 Å². The van der Waals surface area contributed by atoms with Gasteiger partial charge in [0.2, 0.25) is 0 Å². The van der Waals surface area contributed by atoms with E-state index in [4.69, 9.17) is 27.9 Å². The second-order valence-electron chi connectivity index (χ2n) is 5.62. The van der Waals surface area contributed by atoms with Crippen molar-refractivity contribution < 1.29 is 21.9 Å². The molecule has 3 aromatic rings. The SMILES string of the molecule is CC(Oc1cc(F)c(S(=O)(=O)Nc2cscn2)cc1Cl)c1cc(Cl)ccc1F. The number of thiazole rings is 1. The topological polar surface area (TPSA) is 68.3 Å². The van der Waals surface area contributed by atoms with E-state index >= 15 is 0 Å². The van der Waals surface area contributed by atoms with Gasteiger partial charge in [-0.05, 0) is 31.2 Å². The van der Waals surface area contributed by atoms with Gasteiger partial charge in [0.25, 0.3) is 10.0 Å². The number of nitrogens with one attached hydrogen (secondary N) is 1. The Morgan fingerprint density at radius 3 is 2.61 bits per heavy atom. The second-order valence-corrected chi connectivity index (χ2v) is 8.83. The van der Waals surface area contributed by atoms with Crippen LogP contribution in [0.15, 0.2) is 46.1 Å². The zero-order valence-corrected chi connectivity index (χ0v) is 17.3. The third-order valence-electron chi connectivity index (χ3n) is 3.65. The molecular weight excluding hydrogens is 453 g/mol. The molecule has 11 heteroatoms. The largest absolute Gasteiger partial charge is 0.484 e. The van der Waals surface area contributed by atoms with Gasteiger partial charge >= 0.3 is 0 Å². The third kappa shape index (κ3) is 4.54. The summed E-state index contributed by atoms with van der Waals surface area (Å²) < 4.78 is 60.8. The Balaban J connectivity index is 1.88. The highest BCUT2D eigenvalue weighted by atomic mass is 35.5. The average Bonchev–Trinajstić information content (AvgIpc) is 3.11. The molecule has 1 heterocycles. The van der Waals surface area contributed by atoms with E-state index < -0.39 is 32.7 Å². The van der Waals surface area contributed by atoms with Gasteiger partial charge < -0.3 is 4.74 Å². The van der Waals surface area contributed by atoms with Crippen LogP contribution in [-0.4, -0.2) is 13.4 Å². The van der Waals surface area contributed by atoms with Crippen LogP contribution in [0.1, 0.15) is 18.6 Å². The minimum Gasteiger partial charge on any atom is -0.484 e. The van der Waals surface area contributed by atoms with Crippen LogP contribution in [-0.2, 0) is 10.0 Å². The number of anilines is 1. The van der Waals surface area contributed by atoms with Crippen LogP contribution >= 0.6 is 34.5 Å². The first kappa shape index (κ1) is 20.8. The Hall–Kier alpha value is -1.94. The number of sulfonamides is 1. The molecule has 0 amide bonds. The summed E-state index contributed by atoms with van der Waals surface area (Å²) in [6.07, 6.45) is -0.855. The van der Waals surface area contributed by atoms with Gasteiger partial charge in [0.1, 0.15) is 28.4 Å². The lowest BCUT2D eigenvalue weighted by Crippen LogP contribution is -2.15. The predicted octanol–water partition coefficient (Wildman–Crippen LogP) is 5.67. The predicted molar refractivity (Wildman–Crippen MR) is 105 cm³/mol. The molecule has 0 fully saturated rings. The molecule has 148 valence electrons. The first-order chi connectivity index (χ1) is 13.2. The molecule has 1 N–H and O–H groups in total. The van der Waals surface area contributed by atoms with Gasteiger partial charge in [-0.2, -0.15) is 0 Å². The monoisotopic (exact) mass is 464 g/mol. The van der Waals surface area contributed by atoms with Crippen LogP contribution in [0, 0.1) is 11.6 Å². The first-order valence-corrected chi connectivity index (χ1v) is 10.9. The minimum atomic E-state index is -4.24. The molecule has 0 radical (unpaired) electrons. The number of aromatic nitrogens is 1. The van der Waals surface area contributed by atoms with Gasteiger partial charge in [-0.15, -0.1) is 11.3 Å². The van der Waals surface area contributed by atoms with E-state index in [1.807, 2.05) is 0 Å². The van der Waals surface area contributed by atoms with Gasteiger partial charge in [-0.3, -0.25) is 4.72 Å². The van der Waals surface area contributed by atoms with E-state index in [2.05, 4.69) is 9.71 Å². The highest BCUT2D eigenvalue weighted by Crippen LogP contribution is 2.34. The number of hydrogen-bond acceptors (Lipinski definition) is 5. The van der Waals surface area contributed by atoms with E-state index in [1.165, 1.54) is 47.4 Å². The normalized spacial score (nSPS) is 12.6. The van der Waals surface area contributed by atoms with E-state index in [9.17, 15) is 17.2 Å². The summed E-state index contributed by atoms with van der Waals surface area (Å²) in [6.45, 7) is 1.53. The molecule has 1 atom stereocenters. The van der Waals surface area contributed by atoms with Crippen LogP contribution in [0.3, 0.4) is 0 Å². The third-order valence-corrected chi connectivity index (χ3v) is 6.13. The maximum Gasteiger partial charge on any atom is 0.266 e. The lowest BCUT2D eigenvalue weighted by molar-refractivity contribution is 0.220.